The molecular formula is C19H13N3O3. The molecule has 4 rings (SSSR count). The van der Waals surface area contributed by atoms with E-state index in [1.54, 1.807) is 24.5 Å². The number of aromatic nitrogens is 3. The number of benzene rings is 1. The molecule has 0 atom stereocenters. The maximum atomic E-state index is 10.8. The lowest BCUT2D eigenvalue weighted by atomic mass is 10.0. The molecule has 0 unspecified atom stereocenters. The average Bonchev–Trinajstić information content (AvgIpc) is 3.32. The molecule has 0 spiro atoms. The zero-order chi connectivity index (χ0) is 17.1. The summed E-state index contributed by atoms with van der Waals surface area (Å²) in [6.45, 7) is 0. The topological polar surface area (TPSA) is 82.0 Å². The van der Waals surface area contributed by atoms with Gasteiger partial charge in [0.1, 0.15) is 5.76 Å². The average molecular weight is 331 g/mol. The van der Waals surface area contributed by atoms with Crippen molar-refractivity contribution in [2.45, 2.75) is 6.42 Å². The zero-order valence-electron chi connectivity index (χ0n) is 13.1. The van der Waals surface area contributed by atoms with Gasteiger partial charge in [0.25, 0.3) is 0 Å². The number of carbonyl (C=O) groups excluding carboxylic acids is 1. The molecule has 6 nitrogen and oxygen atoms in total. The van der Waals surface area contributed by atoms with Crippen LogP contribution in [0.3, 0.4) is 0 Å². The highest BCUT2D eigenvalue weighted by Crippen LogP contribution is 2.27. The molecule has 0 N–H and O–H groups in total. The molecule has 0 saturated heterocycles. The quantitative estimate of drug-likeness (QED) is 0.517. The third-order valence-corrected chi connectivity index (χ3v) is 3.76. The molecule has 4 aromatic rings. The molecule has 0 amide bonds. The first-order valence-electron chi connectivity index (χ1n) is 7.70. The number of carbonyl (C=O) groups is 1. The molecule has 6 heteroatoms. The SMILES string of the molecule is O=Cc1ccc(-c2ccccc2Cc2nc(-c3cccnc3)no2)o1. The molecule has 0 aliphatic carbocycles. The van der Waals surface area contributed by atoms with Crippen LogP contribution in [0.15, 0.2) is 69.9 Å². The second-order valence-electron chi connectivity index (χ2n) is 5.41. The fraction of sp³-hybridized carbons (Fsp3) is 0.0526. The highest BCUT2D eigenvalue weighted by Gasteiger charge is 2.14. The molecule has 25 heavy (non-hydrogen) atoms. The molecule has 0 fully saturated rings. The van der Waals surface area contributed by atoms with Gasteiger partial charge in [-0.15, -0.1) is 0 Å². The van der Waals surface area contributed by atoms with E-state index < -0.39 is 0 Å². The van der Waals surface area contributed by atoms with Gasteiger partial charge in [-0.1, -0.05) is 29.4 Å². The van der Waals surface area contributed by atoms with E-state index >= 15 is 0 Å². The van der Waals surface area contributed by atoms with E-state index in [4.69, 9.17) is 8.94 Å². The number of nitrogens with zero attached hydrogens (tertiary/aromatic N) is 3. The summed E-state index contributed by atoms with van der Waals surface area (Å²) in [6.07, 6.45) is 4.52. The molecule has 1 aromatic carbocycles. The fourth-order valence-corrected chi connectivity index (χ4v) is 2.58. The number of furan rings is 1. The van der Waals surface area contributed by atoms with E-state index in [1.807, 2.05) is 36.4 Å². The van der Waals surface area contributed by atoms with Crippen molar-refractivity contribution in [2.24, 2.45) is 0 Å². The number of rotatable bonds is 5. The lowest BCUT2D eigenvalue weighted by molar-refractivity contribution is 0.110. The summed E-state index contributed by atoms with van der Waals surface area (Å²) in [5.41, 5.74) is 2.65. The van der Waals surface area contributed by atoms with Crippen LogP contribution in [-0.4, -0.2) is 21.4 Å². The van der Waals surface area contributed by atoms with Gasteiger partial charge >= 0.3 is 0 Å². The highest BCUT2D eigenvalue weighted by molar-refractivity contribution is 5.73. The predicted molar refractivity (Wildman–Crippen MR) is 89.9 cm³/mol. The molecule has 3 heterocycles. The van der Waals surface area contributed by atoms with Crippen LogP contribution in [0.5, 0.6) is 0 Å². The number of pyridine rings is 1. The molecule has 122 valence electrons. The van der Waals surface area contributed by atoms with Crippen molar-refractivity contribution in [3.8, 4) is 22.7 Å². The van der Waals surface area contributed by atoms with E-state index in [1.165, 1.54) is 0 Å². The lowest BCUT2D eigenvalue weighted by Gasteiger charge is -2.04. The third kappa shape index (κ3) is 3.10. The van der Waals surface area contributed by atoms with Crippen LogP contribution in [-0.2, 0) is 6.42 Å². The Balaban J connectivity index is 1.64. The Kier molecular flexibility index (Phi) is 3.92. The monoisotopic (exact) mass is 331 g/mol. The molecule has 0 aliphatic heterocycles. The minimum absolute atomic E-state index is 0.293. The summed E-state index contributed by atoms with van der Waals surface area (Å²) in [4.78, 5) is 19.3. The Morgan fingerprint density at radius 3 is 2.76 bits per heavy atom. The smallest absolute Gasteiger partial charge is 0.231 e. The first-order valence-corrected chi connectivity index (χ1v) is 7.70. The van der Waals surface area contributed by atoms with Gasteiger partial charge < -0.3 is 8.94 Å². The van der Waals surface area contributed by atoms with Gasteiger partial charge in [0.2, 0.25) is 11.7 Å². The van der Waals surface area contributed by atoms with Crippen LogP contribution in [0.1, 0.15) is 22.0 Å². The van der Waals surface area contributed by atoms with Gasteiger partial charge in [0.05, 0.1) is 6.42 Å². The van der Waals surface area contributed by atoms with Crippen molar-refractivity contribution >= 4 is 6.29 Å². The standard InChI is InChI=1S/C19H13N3O3/c23-12-15-7-8-17(24-15)16-6-2-1-4-13(16)10-18-21-19(22-25-18)14-5-3-9-20-11-14/h1-9,11-12H,10H2. The molecule has 0 aliphatic rings. The number of aldehydes is 1. The van der Waals surface area contributed by atoms with E-state index in [9.17, 15) is 4.79 Å². The van der Waals surface area contributed by atoms with E-state index in [-0.39, 0.29) is 0 Å². The summed E-state index contributed by atoms with van der Waals surface area (Å²) in [6, 6.07) is 14.9. The summed E-state index contributed by atoms with van der Waals surface area (Å²) in [5.74, 6) is 1.92. The molecule has 0 bridgehead atoms. The van der Waals surface area contributed by atoms with Crippen molar-refractivity contribution in [2.75, 3.05) is 0 Å². The van der Waals surface area contributed by atoms with Crippen molar-refractivity contribution in [3.05, 3.63) is 78.1 Å². The third-order valence-electron chi connectivity index (χ3n) is 3.76. The highest BCUT2D eigenvalue weighted by atomic mass is 16.5. The largest absolute Gasteiger partial charge is 0.453 e. The maximum Gasteiger partial charge on any atom is 0.231 e. The maximum absolute atomic E-state index is 10.8. The Morgan fingerprint density at radius 2 is 1.96 bits per heavy atom. The van der Waals surface area contributed by atoms with Crippen molar-refractivity contribution in [3.63, 3.8) is 0 Å². The lowest BCUT2D eigenvalue weighted by Crippen LogP contribution is -1.92. The molecular weight excluding hydrogens is 318 g/mol. The predicted octanol–water partition coefficient (Wildman–Crippen LogP) is 3.79. The van der Waals surface area contributed by atoms with Crippen molar-refractivity contribution in [1.29, 1.82) is 0 Å². The Bertz CT molecular complexity index is 1010. The molecule has 0 saturated carbocycles. The van der Waals surface area contributed by atoms with E-state index in [2.05, 4.69) is 15.1 Å². The van der Waals surface area contributed by atoms with Gasteiger partial charge in [0, 0.05) is 23.5 Å². The first kappa shape index (κ1) is 15.0. The van der Waals surface area contributed by atoms with E-state index in [0.29, 0.717) is 35.9 Å². The van der Waals surface area contributed by atoms with Crippen LogP contribution in [0, 0.1) is 0 Å². The van der Waals surface area contributed by atoms with Crippen LogP contribution in [0.4, 0.5) is 0 Å². The van der Waals surface area contributed by atoms with Crippen LogP contribution in [0.2, 0.25) is 0 Å². The zero-order valence-corrected chi connectivity index (χ0v) is 13.1. The van der Waals surface area contributed by atoms with E-state index in [0.717, 1.165) is 16.7 Å². The Hall–Kier alpha value is -3.54. The molecule has 0 radical (unpaired) electrons. The second-order valence-corrected chi connectivity index (χ2v) is 5.41. The normalized spacial score (nSPS) is 10.7. The van der Waals surface area contributed by atoms with Crippen molar-refractivity contribution < 1.29 is 13.7 Å². The van der Waals surface area contributed by atoms with Gasteiger partial charge in [-0.25, -0.2) is 0 Å². The molecule has 3 aromatic heterocycles. The summed E-state index contributed by atoms with van der Waals surface area (Å²) < 4.78 is 10.9. The van der Waals surface area contributed by atoms with Crippen molar-refractivity contribution in [1.82, 2.24) is 15.1 Å². The van der Waals surface area contributed by atoms with Crippen LogP contribution in [0.25, 0.3) is 22.7 Å². The van der Waals surface area contributed by atoms with Crippen LogP contribution >= 0.6 is 0 Å². The first-order chi connectivity index (χ1) is 12.3. The van der Waals surface area contributed by atoms with Gasteiger partial charge in [-0.05, 0) is 29.8 Å². The fourth-order valence-electron chi connectivity index (χ4n) is 2.58. The Morgan fingerprint density at radius 1 is 1.04 bits per heavy atom. The van der Waals surface area contributed by atoms with Gasteiger partial charge in [0.15, 0.2) is 12.0 Å². The Labute approximate surface area is 143 Å². The van der Waals surface area contributed by atoms with Crippen LogP contribution < -0.4 is 0 Å². The minimum atomic E-state index is 0.293. The summed E-state index contributed by atoms with van der Waals surface area (Å²) >= 11 is 0. The minimum Gasteiger partial charge on any atom is -0.453 e. The number of hydrogen-bond donors (Lipinski definition) is 0. The summed E-state index contributed by atoms with van der Waals surface area (Å²) in [7, 11) is 0. The van der Waals surface area contributed by atoms with Gasteiger partial charge in [-0.2, -0.15) is 4.98 Å². The second kappa shape index (κ2) is 6.52. The summed E-state index contributed by atoms with van der Waals surface area (Å²) in [5, 5.41) is 4.01. The number of hydrogen-bond acceptors (Lipinski definition) is 6. The van der Waals surface area contributed by atoms with Gasteiger partial charge in [-0.3, -0.25) is 9.78 Å².